The predicted molar refractivity (Wildman–Crippen MR) is 105 cm³/mol. The van der Waals surface area contributed by atoms with E-state index in [9.17, 15) is 13.2 Å². The SMILES string of the molecule is COc1nn(-c2c(Cl)cc(Cl)cc2Cl)c(C)c1Sc1ccc(C(F)(F)F)cc1. The molecule has 10 heteroatoms. The van der Waals surface area contributed by atoms with Gasteiger partial charge in [-0.25, -0.2) is 4.68 Å². The van der Waals surface area contributed by atoms with Gasteiger partial charge in [0.25, 0.3) is 0 Å². The molecular formula is C18H12Cl3F3N2OS. The van der Waals surface area contributed by atoms with Crippen molar-refractivity contribution in [2.75, 3.05) is 7.11 Å². The van der Waals surface area contributed by atoms with Crippen LogP contribution in [0, 0.1) is 6.92 Å². The Bertz CT molecular complexity index is 997. The van der Waals surface area contributed by atoms with E-state index in [0.717, 1.165) is 12.1 Å². The van der Waals surface area contributed by atoms with Gasteiger partial charge in [-0.2, -0.15) is 13.2 Å². The van der Waals surface area contributed by atoms with Gasteiger partial charge in [-0.05, 0) is 43.3 Å². The van der Waals surface area contributed by atoms with Crippen LogP contribution in [0.5, 0.6) is 5.88 Å². The molecule has 148 valence electrons. The van der Waals surface area contributed by atoms with Gasteiger partial charge in [0.15, 0.2) is 0 Å². The van der Waals surface area contributed by atoms with Gasteiger partial charge in [0, 0.05) is 9.92 Å². The van der Waals surface area contributed by atoms with Crippen LogP contribution in [0.3, 0.4) is 0 Å². The van der Waals surface area contributed by atoms with E-state index in [1.807, 2.05) is 0 Å². The molecule has 0 N–H and O–H groups in total. The van der Waals surface area contributed by atoms with Crippen LogP contribution < -0.4 is 4.74 Å². The van der Waals surface area contributed by atoms with Crippen molar-refractivity contribution >= 4 is 46.6 Å². The van der Waals surface area contributed by atoms with Gasteiger partial charge in [-0.1, -0.05) is 46.6 Å². The molecule has 0 radical (unpaired) electrons. The summed E-state index contributed by atoms with van der Waals surface area (Å²) >= 11 is 19.8. The smallest absolute Gasteiger partial charge is 0.416 e. The lowest BCUT2D eigenvalue weighted by atomic mass is 10.2. The van der Waals surface area contributed by atoms with Gasteiger partial charge in [-0.3, -0.25) is 0 Å². The van der Waals surface area contributed by atoms with Crippen LogP contribution in [-0.2, 0) is 6.18 Å². The van der Waals surface area contributed by atoms with E-state index in [4.69, 9.17) is 39.5 Å². The number of aromatic nitrogens is 2. The standard InChI is InChI=1S/C18H12Cl3F3N2OS/c1-9-16(28-12-5-3-10(4-6-12)18(22,23)24)17(27-2)25-26(9)15-13(20)7-11(19)8-14(15)21/h3-8H,1-2H3. The van der Waals surface area contributed by atoms with Crippen LogP contribution in [0.1, 0.15) is 11.3 Å². The van der Waals surface area contributed by atoms with Gasteiger partial charge >= 0.3 is 6.18 Å². The summed E-state index contributed by atoms with van der Waals surface area (Å²) in [5.74, 6) is 0.296. The molecule has 3 nitrogen and oxygen atoms in total. The van der Waals surface area contributed by atoms with E-state index < -0.39 is 11.7 Å². The fraction of sp³-hybridized carbons (Fsp3) is 0.167. The Morgan fingerprint density at radius 1 is 1.04 bits per heavy atom. The molecule has 0 aliphatic carbocycles. The van der Waals surface area contributed by atoms with Gasteiger partial charge in [0.2, 0.25) is 5.88 Å². The first-order valence-corrected chi connectivity index (χ1v) is 9.70. The number of alkyl halides is 3. The molecule has 3 aromatic rings. The number of benzene rings is 2. The number of ether oxygens (including phenoxy) is 1. The minimum absolute atomic E-state index is 0.296. The minimum Gasteiger partial charge on any atom is -0.479 e. The predicted octanol–water partition coefficient (Wildman–Crippen LogP) is 7.32. The second kappa shape index (κ2) is 8.06. The Morgan fingerprint density at radius 3 is 2.11 bits per heavy atom. The van der Waals surface area contributed by atoms with E-state index >= 15 is 0 Å². The van der Waals surface area contributed by atoms with Crippen molar-refractivity contribution in [2.24, 2.45) is 0 Å². The maximum Gasteiger partial charge on any atom is 0.416 e. The summed E-state index contributed by atoms with van der Waals surface area (Å²) in [5.41, 5.74) is 0.381. The number of methoxy groups -OCH3 is 1. The summed E-state index contributed by atoms with van der Waals surface area (Å²) in [5, 5.41) is 5.37. The Balaban J connectivity index is 2.02. The summed E-state index contributed by atoms with van der Waals surface area (Å²) in [6.45, 7) is 1.78. The van der Waals surface area contributed by atoms with Gasteiger partial charge in [0.05, 0.1) is 33.3 Å². The Kier molecular flexibility index (Phi) is 6.10. The number of hydrogen-bond acceptors (Lipinski definition) is 3. The largest absolute Gasteiger partial charge is 0.479 e. The Labute approximate surface area is 178 Å². The van der Waals surface area contributed by atoms with Crippen LogP contribution in [0.25, 0.3) is 5.69 Å². The fourth-order valence-electron chi connectivity index (χ4n) is 2.50. The van der Waals surface area contributed by atoms with Crippen LogP contribution >= 0.6 is 46.6 Å². The highest BCUT2D eigenvalue weighted by molar-refractivity contribution is 7.99. The van der Waals surface area contributed by atoms with Crippen molar-refractivity contribution < 1.29 is 17.9 Å². The molecule has 2 aromatic carbocycles. The molecule has 28 heavy (non-hydrogen) atoms. The first kappa shape index (κ1) is 21.2. The fourth-order valence-corrected chi connectivity index (χ4v) is 4.43. The molecule has 1 heterocycles. The zero-order valence-electron chi connectivity index (χ0n) is 14.4. The highest BCUT2D eigenvalue weighted by Gasteiger charge is 2.30. The van der Waals surface area contributed by atoms with E-state index in [0.29, 0.717) is 42.1 Å². The van der Waals surface area contributed by atoms with Crippen molar-refractivity contribution in [2.45, 2.75) is 22.9 Å². The lowest BCUT2D eigenvalue weighted by molar-refractivity contribution is -0.137. The third-order valence-corrected chi connectivity index (χ3v) is 5.80. The summed E-state index contributed by atoms with van der Waals surface area (Å²) in [7, 11) is 1.45. The molecule has 0 saturated carbocycles. The van der Waals surface area contributed by atoms with Crippen LogP contribution in [0.15, 0.2) is 46.2 Å². The molecule has 3 rings (SSSR count). The monoisotopic (exact) mass is 466 g/mol. The summed E-state index contributed by atoms with van der Waals surface area (Å²) in [6, 6.07) is 7.93. The zero-order valence-corrected chi connectivity index (χ0v) is 17.5. The van der Waals surface area contributed by atoms with E-state index in [1.165, 1.54) is 35.7 Å². The van der Waals surface area contributed by atoms with Crippen LogP contribution in [0.2, 0.25) is 15.1 Å². The normalized spacial score (nSPS) is 11.7. The zero-order chi connectivity index (χ0) is 20.6. The number of rotatable bonds is 4. The lowest BCUT2D eigenvalue weighted by Crippen LogP contribution is -2.03. The van der Waals surface area contributed by atoms with Crippen molar-refractivity contribution in [3.8, 4) is 11.6 Å². The van der Waals surface area contributed by atoms with Crippen molar-refractivity contribution in [3.63, 3.8) is 0 Å². The van der Waals surface area contributed by atoms with Crippen molar-refractivity contribution in [3.05, 3.63) is 62.7 Å². The maximum absolute atomic E-state index is 12.7. The molecule has 0 aliphatic rings. The summed E-state index contributed by atoms with van der Waals surface area (Å²) < 4.78 is 45.1. The first-order valence-electron chi connectivity index (χ1n) is 7.75. The molecule has 0 unspecified atom stereocenters. The molecule has 0 spiro atoms. The van der Waals surface area contributed by atoms with Gasteiger partial charge in [0.1, 0.15) is 5.69 Å². The molecule has 0 saturated heterocycles. The van der Waals surface area contributed by atoms with Crippen LogP contribution in [0.4, 0.5) is 13.2 Å². The minimum atomic E-state index is -4.39. The molecule has 0 aliphatic heterocycles. The van der Waals surface area contributed by atoms with E-state index in [1.54, 1.807) is 19.1 Å². The van der Waals surface area contributed by atoms with E-state index in [2.05, 4.69) is 5.10 Å². The molecule has 0 fully saturated rings. The number of hydrogen-bond donors (Lipinski definition) is 0. The molecule has 1 aromatic heterocycles. The maximum atomic E-state index is 12.7. The Hall–Kier alpha value is -1.54. The number of nitrogens with zero attached hydrogens (tertiary/aromatic N) is 2. The topological polar surface area (TPSA) is 27.1 Å². The highest BCUT2D eigenvalue weighted by atomic mass is 35.5. The molecule has 0 amide bonds. The van der Waals surface area contributed by atoms with Gasteiger partial charge < -0.3 is 4.74 Å². The van der Waals surface area contributed by atoms with Crippen molar-refractivity contribution in [1.82, 2.24) is 9.78 Å². The second-order valence-corrected chi connectivity index (χ2v) is 8.01. The third kappa shape index (κ3) is 4.22. The highest BCUT2D eigenvalue weighted by Crippen LogP contribution is 2.41. The first-order chi connectivity index (χ1) is 13.1. The average molecular weight is 468 g/mol. The van der Waals surface area contributed by atoms with Crippen molar-refractivity contribution in [1.29, 1.82) is 0 Å². The van der Waals surface area contributed by atoms with Crippen LogP contribution in [-0.4, -0.2) is 16.9 Å². The quantitative estimate of drug-likeness (QED) is 0.402. The van der Waals surface area contributed by atoms with E-state index in [-0.39, 0.29) is 0 Å². The second-order valence-electron chi connectivity index (χ2n) is 5.68. The summed E-state index contributed by atoms with van der Waals surface area (Å²) in [6.07, 6.45) is -4.39. The Morgan fingerprint density at radius 2 is 1.61 bits per heavy atom. The summed E-state index contributed by atoms with van der Waals surface area (Å²) in [4.78, 5) is 1.23. The third-order valence-electron chi connectivity index (χ3n) is 3.82. The molecule has 0 atom stereocenters. The average Bonchev–Trinajstić information content (AvgIpc) is 2.90. The molecule has 0 bridgehead atoms. The van der Waals surface area contributed by atoms with Gasteiger partial charge in [-0.15, -0.1) is 5.10 Å². The number of halogens is 6. The lowest BCUT2D eigenvalue weighted by Gasteiger charge is -2.10. The molecular weight excluding hydrogens is 456 g/mol.